The van der Waals surface area contributed by atoms with Gasteiger partial charge in [0.2, 0.25) is 0 Å². The number of hydrogen-bond acceptors (Lipinski definition) is 8. The van der Waals surface area contributed by atoms with E-state index < -0.39 is 5.97 Å². The number of carbonyl (C=O) groups is 1. The van der Waals surface area contributed by atoms with Crippen molar-refractivity contribution in [1.82, 2.24) is 15.0 Å². The highest BCUT2D eigenvalue weighted by Crippen LogP contribution is 2.14. The number of esters is 1. The molecule has 0 aliphatic rings. The van der Waals surface area contributed by atoms with Crippen LogP contribution in [-0.4, -0.2) is 33.4 Å². The monoisotopic (exact) mass is 270 g/mol. The average Bonchev–Trinajstić information content (AvgIpc) is 2.36. The molecule has 0 fully saturated rings. The van der Waals surface area contributed by atoms with Crippen LogP contribution in [0.4, 0.5) is 0 Å². The van der Waals surface area contributed by atoms with E-state index in [1.807, 2.05) is 12.5 Å². The third kappa shape index (κ3) is 4.58. The Hall–Kier alpha value is -1.33. The van der Waals surface area contributed by atoms with Crippen LogP contribution >= 0.6 is 23.5 Å². The lowest BCUT2D eigenvalue weighted by molar-refractivity contribution is -0.144. The normalized spacial score (nSPS) is 9.71. The maximum atomic E-state index is 11.0. The molecular formula is C9H10N4O2S2. The van der Waals surface area contributed by atoms with Crippen molar-refractivity contribution in [2.45, 2.75) is 23.3 Å². The highest BCUT2D eigenvalue weighted by atomic mass is 32.2. The molecule has 17 heavy (non-hydrogen) atoms. The van der Waals surface area contributed by atoms with Gasteiger partial charge in [-0.15, -0.1) is 0 Å². The molecule has 1 aromatic heterocycles. The topological polar surface area (TPSA) is 88.8 Å². The molecule has 1 rings (SSSR count). The Morgan fingerprint density at radius 1 is 1.29 bits per heavy atom. The van der Waals surface area contributed by atoms with Crippen LogP contribution in [0.3, 0.4) is 0 Å². The van der Waals surface area contributed by atoms with Gasteiger partial charge in [-0.2, -0.15) is 10.2 Å². The predicted octanol–water partition coefficient (Wildman–Crippen LogP) is 1.27. The van der Waals surface area contributed by atoms with Crippen molar-refractivity contribution in [1.29, 1.82) is 5.26 Å². The Morgan fingerprint density at radius 2 is 1.88 bits per heavy atom. The lowest BCUT2D eigenvalue weighted by Crippen LogP contribution is -2.08. The van der Waals surface area contributed by atoms with E-state index in [1.54, 1.807) is 6.07 Å². The summed E-state index contributed by atoms with van der Waals surface area (Å²) in [6, 6.07) is 1.71. The van der Waals surface area contributed by atoms with E-state index in [4.69, 9.17) is 10.00 Å². The first-order chi connectivity index (χ1) is 8.19. The van der Waals surface area contributed by atoms with Gasteiger partial charge < -0.3 is 4.74 Å². The quantitative estimate of drug-likeness (QED) is 0.584. The van der Waals surface area contributed by atoms with Gasteiger partial charge in [0.05, 0.1) is 6.07 Å². The maximum Gasteiger partial charge on any atom is 0.320 e. The minimum Gasteiger partial charge on any atom is -0.457 e. The minimum atomic E-state index is -0.579. The Kier molecular flexibility index (Phi) is 5.72. The van der Waals surface area contributed by atoms with Crippen LogP contribution in [0.5, 0.6) is 0 Å². The number of nitrogens with zero attached hydrogens (tertiary/aromatic N) is 4. The zero-order valence-corrected chi connectivity index (χ0v) is 11.0. The van der Waals surface area contributed by atoms with Crippen molar-refractivity contribution in [2.75, 3.05) is 12.5 Å². The molecule has 0 N–H and O–H groups in total. The van der Waals surface area contributed by atoms with E-state index >= 15 is 0 Å². The van der Waals surface area contributed by atoms with Gasteiger partial charge in [0.1, 0.15) is 6.42 Å². The zero-order chi connectivity index (χ0) is 12.7. The molecule has 0 radical (unpaired) electrons. The van der Waals surface area contributed by atoms with Gasteiger partial charge in [0.15, 0.2) is 22.7 Å². The number of ether oxygens (including phenoxy) is 1. The van der Waals surface area contributed by atoms with Crippen LogP contribution in [-0.2, 0) is 16.1 Å². The molecule has 0 unspecified atom stereocenters. The van der Waals surface area contributed by atoms with Gasteiger partial charge in [0, 0.05) is 0 Å². The van der Waals surface area contributed by atoms with Crippen molar-refractivity contribution in [2.24, 2.45) is 0 Å². The predicted molar refractivity (Wildman–Crippen MR) is 63.4 cm³/mol. The second kappa shape index (κ2) is 7.09. The van der Waals surface area contributed by atoms with E-state index in [1.165, 1.54) is 23.5 Å². The van der Waals surface area contributed by atoms with Crippen molar-refractivity contribution in [3.63, 3.8) is 0 Å². The molecule has 6 nitrogen and oxygen atoms in total. The molecule has 0 saturated carbocycles. The molecule has 0 aliphatic carbocycles. The van der Waals surface area contributed by atoms with Crippen molar-refractivity contribution in [3.8, 4) is 6.07 Å². The van der Waals surface area contributed by atoms with Crippen molar-refractivity contribution < 1.29 is 9.53 Å². The summed E-state index contributed by atoms with van der Waals surface area (Å²) in [4.78, 5) is 23.3. The second-order valence-electron chi connectivity index (χ2n) is 2.72. The first-order valence-electron chi connectivity index (χ1n) is 4.55. The van der Waals surface area contributed by atoms with Crippen LogP contribution in [0, 0.1) is 11.3 Å². The summed E-state index contributed by atoms with van der Waals surface area (Å²) in [6.45, 7) is -0.0375. The van der Waals surface area contributed by atoms with Gasteiger partial charge in [-0.1, -0.05) is 23.5 Å². The van der Waals surface area contributed by atoms with Crippen molar-refractivity contribution in [3.05, 3.63) is 5.82 Å². The lowest BCUT2D eigenvalue weighted by atomic mass is 10.5. The van der Waals surface area contributed by atoms with Crippen LogP contribution in [0.1, 0.15) is 12.2 Å². The lowest BCUT2D eigenvalue weighted by Gasteiger charge is -2.04. The van der Waals surface area contributed by atoms with Gasteiger partial charge in [-0.05, 0) is 12.5 Å². The highest BCUT2D eigenvalue weighted by Gasteiger charge is 2.08. The first kappa shape index (κ1) is 13.7. The fourth-order valence-electron chi connectivity index (χ4n) is 0.885. The minimum absolute atomic E-state index is 0.0375. The summed E-state index contributed by atoms with van der Waals surface area (Å²) >= 11 is 2.78. The van der Waals surface area contributed by atoms with Gasteiger partial charge in [-0.3, -0.25) is 4.79 Å². The van der Waals surface area contributed by atoms with E-state index in [0.29, 0.717) is 16.1 Å². The van der Waals surface area contributed by atoms with E-state index in [0.717, 1.165) is 0 Å². The number of rotatable bonds is 5. The number of hydrogen-bond donors (Lipinski definition) is 0. The fraction of sp³-hybridized carbons (Fsp3) is 0.444. The van der Waals surface area contributed by atoms with Gasteiger partial charge in [0.25, 0.3) is 0 Å². The van der Waals surface area contributed by atoms with E-state index in [2.05, 4.69) is 15.0 Å². The fourth-order valence-corrected chi connectivity index (χ4v) is 1.69. The first-order valence-corrected chi connectivity index (χ1v) is 7.00. The van der Waals surface area contributed by atoms with Crippen LogP contribution in [0.2, 0.25) is 0 Å². The largest absolute Gasteiger partial charge is 0.457 e. The molecule has 0 atom stereocenters. The van der Waals surface area contributed by atoms with Gasteiger partial charge in [-0.25, -0.2) is 9.97 Å². The molecule has 1 heterocycles. The molecule has 0 bridgehead atoms. The maximum absolute atomic E-state index is 11.0. The second-order valence-corrected chi connectivity index (χ2v) is 4.27. The van der Waals surface area contributed by atoms with Crippen LogP contribution in [0.25, 0.3) is 0 Å². The molecule has 90 valence electrons. The molecule has 0 aromatic carbocycles. The summed E-state index contributed by atoms with van der Waals surface area (Å²) in [5, 5.41) is 9.46. The summed E-state index contributed by atoms with van der Waals surface area (Å²) in [5.41, 5.74) is 0. The number of aromatic nitrogens is 3. The summed E-state index contributed by atoms with van der Waals surface area (Å²) in [5.74, 6) is -0.190. The molecule has 1 aromatic rings. The molecule has 0 spiro atoms. The third-order valence-electron chi connectivity index (χ3n) is 1.59. The molecule has 0 saturated heterocycles. The molecular weight excluding hydrogens is 260 g/mol. The summed E-state index contributed by atoms with van der Waals surface area (Å²) in [6.07, 6.45) is 3.44. The number of carbonyl (C=O) groups excluding carboxylic acids is 1. The van der Waals surface area contributed by atoms with E-state index in [9.17, 15) is 4.79 Å². The average molecular weight is 270 g/mol. The van der Waals surface area contributed by atoms with Crippen molar-refractivity contribution >= 4 is 29.5 Å². The van der Waals surface area contributed by atoms with E-state index in [-0.39, 0.29) is 13.0 Å². The Balaban J connectivity index is 2.70. The Bertz CT molecular complexity index is 425. The molecule has 0 amide bonds. The van der Waals surface area contributed by atoms with Crippen LogP contribution < -0.4 is 0 Å². The molecule has 0 aliphatic heterocycles. The Labute approximate surface area is 107 Å². The highest BCUT2D eigenvalue weighted by molar-refractivity contribution is 7.99. The summed E-state index contributed by atoms with van der Waals surface area (Å²) < 4.78 is 4.83. The summed E-state index contributed by atoms with van der Waals surface area (Å²) in [7, 11) is 0. The number of thioether (sulfide) groups is 2. The molecule has 8 heteroatoms. The smallest absolute Gasteiger partial charge is 0.320 e. The standard InChI is InChI=1S/C9H10N4O2S2/c1-16-8-11-6(12-9(13-8)17-2)5-15-7(14)3-4-10/h3,5H2,1-2H3. The van der Waals surface area contributed by atoms with Gasteiger partial charge >= 0.3 is 5.97 Å². The third-order valence-corrected chi connectivity index (χ3v) is 2.69. The number of nitriles is 1. The van der Waals surface area contributed by atoms with Crippen LogP contribution in [0.15, 0.2) is 10.3 Å². The zero-order valence-electron chi connectivity index (χ0n) is 9.34. The Morgan fingerprint density at radius 3 is 2.35 bits per heavy atom. The SMILES string of the molecule is CSc1nc(COC(=O)CC#N)nc(SC)n1.